The lowest BCUT2D eigenvalue weighted by Crippen LogP contribution is -2.11. The van der Waals surface area contributed by atoms with Gasteiger partial charge < -0.3 is 9.84 Å². The van der Waals surface area contributed by atoms with Gasteiger partial charge in [-0.05, 0) is 23.8 Å². The van der Waals surface area contributed by atoms with Crippen molar-refractivity contribution >= 4 is 0 Å². The zero-order valence-corrected chi connectivity index (χ0v) is 9.93. The Balaban J connectivity index is 2.56. The number of hydrogen-bond acceptors (Lipinski definition) is 2. The van der Waals surface area contributed by atoms with Gasteiger partial charge in [-0.2, -0.15) is 13.2 Å². The molecule has 0 saturated heterocycles. The number of alkyl halides is 3. The molecule has 0 atom stereocenters. The van der Waals surface area contributed by atoms with Gasteiger partial charge in [0.15, 0.2) is 0 Å². The van der Waals surface area contributed by atoms with Crippen molar-refractivity contribution in [2.45, 2.75) is 19.2 Å². The first-order valence-corrected chi connectivity index (χ1v) is 5.44. The number of ether oxygens (including phenoxy) is 1. The third-order valence-electron chi connectivity index (χ3n) is 2.07. The van der Waals surface area contributed by atoms with Crippen LogP contribution in [0.2, 0.25) is 0 Å². The molecule has 0 aliphatic heterocycles. The van der Waals surface area contributed by atoms with E-state index in [0.29, 0.717) is 11.1 Å². The monoisotopic (exact) mass is 276 g/mol. The van der Waals surface area contributed by atoms with Crippen molar-refractivity contribution in [3.05, 3.63) is 35.1 Å². The van der Waals surface area contributed by atoms with E-state index in [1.807, 2.05) is 0 Å². The zero-order chi connectivity index (χ0) is 14.3. The van der Waals surface area contributed by atoms with Crippen LogP contribution < -0.4 is 0 Å². The van der Waals surface area contributed by atoms with Crippen LogP contribution >= 0.6 is 0 Å². The van der Waals surface area contributed by atoms with Crippen molar-refractivity contribution in [1.29, 1.82) is 0 Å². The Hall–Kier alpha value is -1.58. The lowest BCUT2D eigenvalue weighted by Gasteiger charge is -2.07. The van der Waals surface area contributed by atoms with Crippen LogP contribution in [0.4, 0.5) is 17.6 Å². The molecule has 0 radical (unpaired) electrons. The maximum absolute atomic E-state index is 13.2. The summed E-state index contributed by atoms with van der Waals surface area (Å²) in [5.74, 6) is 4.31. The molecule has 1 rings (SSSR count). The molecule has 0 aromatic heterocycles. The molecule has 104 valence electrons. The molecule has 0 fully saturated rings. The van der Waals surface area contributed by atoms with Crippen LogP contribution in [0.15, 0.2) is 18.2 Å². The predicted molar refractivity (Wildman–Crippen MR) is 60.7 cm³/mol. The molecular formula is C13H12F4O2. The smallest absolute Gasteiger partial charge is 0.384 e. The SMILES string of the molecule is OCC#Cc1cc(F)cc(COCCC(F)(F)F)c1. The van der Waals surface area contributed by atoms with Gasteiger partial charge in [0.2, 0.25) is 0 Å². The Morgan fingerprint density at radius 2 is 1.95 bits per heavy atom. The van der Waals surface area contributed by atoms with E-state index in [2.05, 4.69) is 11.8 Å². The predicted octanol–water partition coefficient (Wildman–Crippen LogP) is 2.64. The highest BCUT2D eigenvalue weighted by Crippen LogP contribution is 2.19. The third-order valence-corrected chi connectivity index (χ3v) is 2.07. The van der Waals surface area contributed by atoms with Crippen molar-refractivity contribution in [2.75, 3.05) is 13.2 Å². The van der Waals surface area contributed by atoms with Crippen molar-refractivity contribution in [2.24, 2.45) is 0 Å². The number of aliphatic hydroxyl groups excluding tert-OH is 1. The molecule has 0 bridgehead atoms. The van der Waals surface area contributed by atoms with E-state index in [1.54, 1.807) is 0 Å². The van der Waals surface area contributed by atoms with E-state index in [4.69, 9.17) is 9.84 Å². The molecule has 1 N–H and O–H groups in total. The second-order valence-corrected chi connectivity index (χ2v) is 3.73. The van der Waals surface area contributed by atoms with Crippen molar-refractivity contribution < 1.29 is 27.4 Å². The van der Waals surface area contributed by atoms with Gasteiger partial charge >= 0.3 is 6.18 Å². The number of rotatable bonds is 4. The number of hydrogen-bond donors (Lipinski definition) is 1. The van der Waals surface area contributed by atoms with Gasteiger partial charge in [-0.25, -0.2) is 4.39 Å². The van der Waals surface area contributed by atoms with Crippen molar-refractivity contribution in [3.63, 3.8) is 0 Å². The molecule has 1 aromatic carbocycles. The summed E-state index contributed by atoms with van der Waals surface area (Å²) in [4.78, 5) is 0. The van der Waals surface area contributed by atoms with Gasteiger partial charge in [0.1, 0.15) is 12.4 Å². The molecule has 0 amide bonds. The molecule has 0 aliphatic carbocycles. The molecule has 6 heteroatoms. The Morgan fingerprint density at radius 1 is 1.21 bits per heavy atom. The maximum Gasteiger partial charge on any atom is 0.391 e. The van der Waals surface area contributed by atoms with Gasteiger partial charge in [0, 0.05) is 5.56 Å². The fourth-order valence-corrected chi connectivity index (χ4v) is 1.33. The van der Waals surface area contributed by atoms with E-state index < -0.39 is 25.0 Å². The van der Waals surface area contributed by atoms with Crippen LogP contribution in [-0.4, -0.2) is 24.5 Å². The Bertz CT molecular complexity index is 472. The molecule has 0 heterocycles. The molecule has 0 aliphatic rings. The number of aliphatic hydroxyl groups is 1. The summed E-state index contributed by atoms with van der Waals surface area (Å²) in [6.07, 6.45) is -5.31. The van der Waals surface area contributed by atoms with Crippen LogP contribution in [0.25, 0.3) is 0 Å². The third kappa shape index (κ3) is 6.79. The molecule has 1 aromatic rings. The largest absolute Gasteiger partial charge is 0.391 e. The quantitative estimate of drug-likeness (QED) is 0.520. The Morgan fingerprint density at radius 3 is 2.58 bits per heavy atom. The number of benzene rings is 1. The minimum atomic E-state index is -4.26. The molecule has 0 unspecified atom stereocenters. The summed E-state index contributed by atoms with van der Waals surface area (Å²) < 4.78 is 53.6. The first-order valence-electron chi connectivity index (χ1n) is 5.44. The zero-order valence-electron chi connectivity index (χ0n) is 9.93. The van der Waals surface area contributed by atoms with Gasteiger partial charge in [-0.15, -0.1) is 0 Å². The van der Waals surface area contributed by atoms with Gasteiger partial charge in [-0.1, -0.05) is 11.8 Å². The maximum atomic E-state index is 13.2. The van der Waals surface area contributed by atoms with E-state index >= 15 is 0 Å². The average Bonchev–Trinajstić information content (AvgIpc) is 2.30. The van der Waals surface area contributed by atoms with E-state index in [0.717, 1.165) is 6.07 Å². The standard InChI is InChI=1S/C13H12F4O2/c14-12-7-10(2-1-4-18)6-11(8-12)9-19-5-3-13(15,16)17/h6-8,18H,3-5,9H2. The van der Waals surface area contributed by atoms with E-state index in [9.17, 15) is 17.6 Å². The Labute approximate surface area is 108 Å². The molecule has 19 heavy (non-hydrogen) atoms. The highest BCUT2D eigenvalue weighted by atomic mass is 19.4. The molecule has 0 saturated carbocycles. The average molecular weight is 276 g/mol. The summed E-state index contributed by atoms with van der Waals surface area (Å²) >= 11 is 0. The second kappa shape index (κ2) is 7.12. The highest BCUT2D eigenvalue weighted by Gasteiger charge is 2.26. The first-order chi connectivity index (χ1) is 8.90. The highest BCUT2D eigenvalue weighted by molar-refractivity contribution is 5.37. The van der Waals surface area contributed by atoms with Crippen LogP contribution in [0.1, 0.15) is 17.5 Å². The summed E-state index contributed by atoms with van der Waals surface area (Å²) in [5.41, 5.74) is 0.730. The van der Waals surface area contributed by atoms with Gasteiger partial charge in [0.05, 0.1) is 19.6 Å². The normalized spacial score (nSPS) is 11.0. The molecule has 2 nitrogen and oxygen atoms in total. The molecular weight excluding hydrogens is 264 g/mol. The summed E-state index contributed by atoms with van der Waals surface area (Å²) in [6.45, 7) is -0.951. The van der Waals surface area contributed by atoms with Crippen LogP contribution in [0.5, 0.6) is 0 Å². The van der Waals surface area contributed by atoms with Gasteiger partial charge in [0.25, 0.3) is 0 Å². The fourth-order valence-electron chi connectivity index (χ4n) is 1.33. The summed E-state index contributed by atoms with van der Waals surface area (Å²) in [7, 11) is 0. The van der Waals surface area contributed by atoms with Crippen LogP contribution in [0.3, 0.4) is 0 Å². The number of halogens is 4. The fraction of sp³-hybridized carbons (Fsp3) is 0.385. The van der Waals surface area contributed by atoms with Crippen LogP contribution in [0, 0.1) is 17.7 Å². The van der Waals surface area contributed by atoms with Gasteiger partial charge in [-0.3, -0.25) is 0 Å². The van der Waals surface area contributed by atoms with E-state index in [1.165, 1.54) is 12.1 Å². The minimum Gasteiger partial charge on any atom is -0.384 e. The molecule has 0 spiro atoms. The lowest BCUT2D eigenvalue weighted by atomic mass is 10.1. The summed E-state index contributed by atoms with van der Waals surface area (Å²) in [6, 6.07) is 3.83. The van der Waals surface area contributed by atoms with Crippen molar-refractivity contribution in [3.8, 4) is 11.8 Å². The second-order valence-electron chi connectivity index (χ2n) is 3.73. The topological polar surface area (TPSA) is 29.5 Å². The van der Waals surface area contributed by atoms with Crippen molar-refractivity contribution in [1.82, 2.24) is 0 Å². The lowest BCUT2D eigenvalue weighted by molar-refractivity contribution is -0.146. The minimum absolute atomic E-state index is 0.123. The Kier molecular flexibility index (Phi) is 5.80. The van der Waals surface area contributed by atoms with E-state index in [-0.39, 0.29) is 13.2 Å². The first kappa shape index (κ1) is 15.5. The summed E-state index contributed by atoms with van der Waals surface area (Å²) in [5, 5.41) is 8.52. The van der Waals surface area contributed by atoms with Crippen LogP contribution in [-0.2, 0) is 11.3 Å².